The van der Waals surface area contributed by atoms with Crippen LogP contribution >= 0.6 is 0 Å². The van der Waals surface area contributed by atoms with E-state index < -0.39 is 0 Å². The summed E-state index contributed by atoms with van der Waals surface area (Å²) in [6, 6.07) is -0.0190. The summed E-state index contributed by atoms with van der Waals surface area (Å²) in [4.78, 5) is 15.3. The molecule has 0 saturated carbocycles. The minimum absolute atomic E-state index is 0.0190. The fourth-order valence-corrected chi connectivity index (χ4v) is 0.887. The van der Waals surface area contributed by atoms with Gasteiger partial charge in [-0.15, -0.1) is 0 Å². The van der Waals surface area contributed by atoms with Crippen LogP contribution in [-0.2, 0) is 7.05 Å². The number of aryl methyl sites for hydroxylation is 1. The van der Waals surface area contributed by atoms with Crippen molar-refractivity contribution in [1.29, 1.82) is 0 Å². The number of imidazole rings is 1. The summed E-state index contributed by atoms with van der Waals surface area (Å²) in [7, 11) is 1.82. The van der Waals surface area contributed by atoms with Gasteiger partial charge >= 0.3 is 0 Å². The Kier molecular flexibility index (Phi) is 3.02. The average Bonchev–Trinajstić information content (AvgIpc) is 2.51. The monoisotopic (exact) mass is 182 g/mol. The molecule has 0 fully saturated rings. The smallest absolute Gasteiger partial charge is 0.271 e. The molecule has 1 rings (SSSR count). The minimum Gasteiger partial charge on any atom is -0.347 e. The van der Waals surface area contributed by atoms with Gasteiger partial charge in [-0.2, -0.15) is 0 Å². The molecule has 0 aliphatic heterocycles. The van der Waals surface area contributed by atoms with Gasteiger partial charge in [-0.25, -0.2) is 4.98 Å². The molecule has 72 valence electrons. The molecule has 5 heteroatoms. The zero-order valence-electron chi connectivity index (χ0n) is 7.82. The van der Waals surface area contributed by atoms with E-state index in [-0.39, 0.29) is 11.9 Å². The number of hydrogen-bond acceptors (Lipinski definition) is 3. The largest absolute Gasteiger partial charge is 0.347 e. The van der Waals surface area contributed by atoms with Crippen molar-refractivity contribution in [1.82, 2.24) is 14.9 Å². The Labute approximate surface area is 76.9 Å². The first-order valence-corrected chi connectivity index (χ1v) is 4.12. The van der Waals surface area contributed by atoms with Gasteiger partial charge < -0.3 is 15.6 Å². The van der Waals surface area contributed by atoms with Gasteiger partial charge in [0.05, 0.1) is 6.33 Å². The molecular formula is C8H14N4O. The standard InChI is InChI=1S/C8H14N4O/c1-6(3-9)11-8(13)7-4-12(2)5-10-7/h4-6H,3,9H2,1-2H3,(H,11,13)/t6-/m0/s1. The van der Waals surface area contributed by atoms with E-state index >= 15 is 0 Å². The third kappa shape index (κ3) is 2.55. The van der Waals surface area contributed by atoms with Gasteiger partial charge in [0.2, 0.25) is 0 Å². The zero-order valence-corrected chi connectivity index (χ0v) is 7.82. The van der Waals surface area contributed by atoms with Crippen LogP contribution in [-0.4, -0.2) is 28.0 Å². The number of aromatic nitrogens is 2. The Hall–Kier alpha value is -1.36. The summed E-state index contributed by atoms with van der Waals surface area (Å²) in [5.74, 6) is -0.182. The minimum atomic E-state index is -0.182. The second-order valence-electron chi connectivity index (χ2n) is 3.03. The number of nitrogens with zero attached hydrogens (tertiary/aromatic N) is 2. The van der Waals surface area contributed by atoms with Gasteiger partial charge in [-0.1, -0.05) is 0 Å². The molecule has 0 saturated heterocycles. The number of nitrogens with two attached hydrogens (primary N) is 1. The van der Waals surface area contributed by atoms with E-state index in [4.69, 9.17) is 5.73 Å². The van der Waals surface area contributed by atoms with Crippen LogP contribution in [0, 0.1) is 0 Å². The van der Waals surface area contributed by atoms with Crippen LogP contribution in [0.2, 0.25) is 0 Å². The predicted molar refractivity (Wildman–Crippen MR) is 49.2 cm³/mol. The first kappa shape index (κ1) is 9.73. The second kappa shape index (κ2) is 4.04. The Morgan fingerprint density at radius 2 is 2.54 bits per heavy atom. The van der Waals surface area contributed by atoms with Gasteiger partial charge in [0.25, 0.3) is 5.91 Å². The van der Waals surface area contributed by atoms with Crippen molar-refractivity contribution < 1.29 is 4.79 Å². The molecule has 13 heavy (non-hydrogen) atoms. The van der Waals surface area contributed by atoms with Crippen molar-refractivity contribution in [2.45, 2.75) is 13.0 Å². The molecule has 0 bridgehead atoms. The number of hydrogen-bond donors (Lipinski definition) is 2. The highest BCUT2D eigenvalue weighted by atomic mass is 16.1. The zero-order chi connectivity index (χ0) is 9.84. The lowest BCUT2D eigenvalue weighted by Crippen LogP contribution is -2.37. The average molecular weight is 182 g/mol. The maximum absolute atomic E-state index is 11.4. The summed E-state index contributed by atoms with van der Waals surface area (Å²) in [6.07, 6.45) is 3.25. The predicted octanol–water partition coefficient (Wildman–Crippen LogP) is -0.503. The number of carbonyl (C=O) groups is 1. The van der Waals surface area contributed by atoms with E-state index in [1.807, 2.05) is 14.0 Å². The lowest BCUT2D eigenvalue weighted by Gasteiger charge is -2.08. The summed E-state index contributed by atoms with van der Waals surface area (Å²) in [5.41, 5.74) is 5.78. The molecule has 1 atom stereocenters. The molecule has 5 nitrogen and oxygen atoms in total. The molecular weight excluding hydrogens is 168 g/mol. The van der Waals surface area contributed by atoms with Crippen molar-refractivity contribution in [3.63, 3.8) is 0 Å². The molecule has 1 heterocycles. The highest BCUT2D eigenvalue weighted by Gasteiger charge is 2.10. The van der Waals surface area contributed by atoms with Crippen molar-refractivity contribution in [2.24, 2.45) is 12.8 Å². The van der Waals surface area contributed by atoms with E-state index in [2.05, 4.69) is 10.3 Å². The Morgan fingerprint density at radius 1 is 1.85 bits per heavy atom. The van der Waals surface area contributed by atoms with Crippen molar-refractivity contribution in [2.75, 3.05) is 6.54 Å². The van der Waals surface area contributed by atoms with Crippen LogP contribution < -0.4 is 11.1 Å². The van der Waals surface area contributed by atoms with Crippen molar-refractivity contribution in [3.8, 4) is 0 Å². The SMILES string of the molecule is C[C@@H](CN)NC(=O)c1cn(C)cn1. The molecule has 3 N–H and O–H groups in total. The van der Waals surface area contributed by atoms with Gasteiger partial charge in [0, 0.05) is 25.8 Å². The maximum atomic E-state index is 11.4. The summed E-state index contributed by atoms with van der Waals surface area (Å²) in [6.45, 7) is 2.28. The summed E-state index contributed by atoms with van der Waals surface area (Å²) >= 11 is 0. The van der Waals surface area contributed by atoms with Crippen LogP contribution in [0.4, 0.5) is 0 Å². The van der Waals surface area contributed by atoms with E-state index in [1.54, 1.807) is 17.1 Å². The Bertz CT molecular complexity index is 294. The lowest BCUT2D eigenvalue weighted by atomic mass is 10.3. The van der Waals surface area contributed by atoms with Crippen molar-refractivity contribution in [3.05, 3.63) is 18.2 Å². The third-order valence-electron chi connectivity index (χ3n) is 1.67. The van der Waals surface area contributed by atoms with Gasteiger partial charge in [0.15, 0.2) is 0 Å². The molecule has 0 spiro atoms. The van der Waals surface area contributed by atoms with Crippen LogP contribution in [0.3, 0.4) is 0 Å². The lowest BCUT2D eigenvalue weighted by molar-refractivity contribution is 0.0936. The van der Waals surface area contributed by atoms with Crippen molar-refractivity contribution >= 4 is 5.91 Å². The fourth-order valence-electron chi connectivity index (χ4n) is 0.887. The number of rotatable bonds is 3. The normalized spacial score (nSPS) is 12.5. The summed E-state index contributed by atoms with van der Waals surface area (Å²) < 4.78 is 1.72. The van der Waals surface area contributed by atoms with Crippen LogP contribution in [0.5, 0.6) is 0 Å². The van der Waals surface area contributed by atoms with Gasteiger partial charge in [-0.3, -0.25) is 4.79 Å². The summed E-state index contributed by atoms with van der Waals surface area (Å²) in [5, 5.41) is 2.72. The number of carbonyl (C=O) groups excluding carboxylic acids is 1. The number of nitrogens with one attached hydrogen (secondary N) is 1. The first-order chi connectivity index (χ1) is 6.13. The second-order valence-corrected chi connectivity index (χ2v) is 3.03. The molecule has 1 aromatic rings. The van der Waals surface area contributed by atoms with Gasteiger partial charge in [-0.05, 0) is 6.92 Å². The third-order valence-corrected chi connectivity index (χ3v) is 1.67. The molecule has 0 aliphatic rings. The van der Waals surface area contributed by atoms with Crippen LogP contribution in [0.25, 0.3) is 0 Å². The first-order valence-electron chi connectivity index (χ1n) is 4.12. The van der Waals surface area contributed by atoms with E-state index in [1.165, 1.54) is 0 Å². The molecule has 0 radical (unpaired) electrons. The molecule has 1 aromatic heterocycles. The molecule has 0 aromatic carbocycles. The van der Waals surface area contributed by atoms with Crippen LogP contribution in [0.15, 0.2) is 12.5 Å². The Morgan fingerprint density at radius 3 is 3.00 bits per heavy atom. The fraction of sp³-hybridized carbons (Fsp3) is 0.500. The van der Waals surface area contributed by atoms with E-state index in [9.17, 15) is 4.79 Å². The molecule has 1 amide bonds. The topological polar surface area (TPSA) is 72.9 Å². The molecule has 0 unspecified atom stereocenters. The number of amides is 1. The highest BCUT2D eigenvalue weighted by Crippen LogP contribution is 1.94. The van der Waals surface area contributed by atoms with E-state index in [0.29, 0.717) is 12.2 Å². The van der Waals surface area contributed by atoms with E-state index in [0.717, 1.165) is 0 Å². The highest BCUT2D eigenvalue weighted by molar-refractivity contribution is 5.92. The van der Waals surface area contributed by atoms with Gasteiger partial charge in [0.1, 0.15) is 5.69 Å². The Balaban J connectivity index is 2.58. The van der Waals surface area contributed by atoms with Crippen LogP contribution in [0.1, 0.15) is 17.4 Å². The quantitative estimate of drug-likeness (QED) is 0.661. The molecule has 0 aliphatic carbocycles. The maximum Gasteiger partial charge on any atom is 0.271 e.